The number of anilines is 1. The molecule has 1 aromatic carbocycles. The van der Waals surface area contributed by atoms with Crippen LogP contribution in [0.25, 0.3) is 5.69 Å². The summed E-state index contributed by atoms with van der Waals surface area (Å²) >= 11 is 0. The molecule has 3 N–H and O–H groups in total. The molecule has 0 radical (unpaired) electrons. The number of benzene rings is 1. The van der Waals surface area contributed by atoms with E-state index in [1.54, 1.807) is 4.68 Å². The Morgan fingerprint density at radius 3 is 2.65 bits per heavy atom. The first kappa shape index (κ1) is 18.4. The molecule has 1 atom stereocenters. The second-order valence-electron chi connectivity index (χ2n) is 7.26. The average Bonchev–Trinajstić information content (AvgIpc) is 3.15. The van der Waals surface area contributed by atoms with Crippen LogP contribution in [0.4, 0.5) is 5.82 Å². The average molecular weight is 358 g/mol. The number of hydrogen-bond acceptors (Lipinski definition) is 5. The maximum Gasteiger partial charge on any atom is 0.256 e. The van der Waals surface area contributed by atoms with Crippen LogP contribution >= 0.6 is 0 Å². The van der Waals surface area contributed by atoms with E-state index in [2.05, 4.69) is 24.3 Å². The van der Waals surface area contributed by atoms with Crippen LogP contribution in [0, 0.1) is 0 Å². The molecule has 1 unspecified atom stereocenters. The van der Waals surface area contributed by atoms with Crippen molar-refractivity contribution < 1.29 is 14.3 Å². The van der Waals surface area contributed by atoms with Crippen LogP contribution in [0.1, 0.15) is 49.5 Å². The Hall–Kier alpha value is -2.38. The molecule has 140 valence electrons. The summed E-state index contributed by atoms with van der Waals surface area (Å²) in [5.74, 6) is -0.127. The highest BCUT2D eigenvalue weighted by Gasteiger charge is 2.32. The van der Waals surface area contributed by atoms with Crippen molar-refractivity contribution in [2.24, 2.45) is 0 Å². The minimum absolute atomic E-state index is 0.172. The maximum absolute atomic E-state index is 12.4. The zero-order chi connectivity index (χ0) is 18.9. The molecular formula is C19H26N4O3. The molecule has 26 heavy (non-hydrogen) atoms. The Labute approximate surface area is 153 Å². The standard InChI is InChI=1S/C19H26N4O3/c1-12(2)13-5-7-14(8-6-13)23-17(20)16(10-22-23)18(24)21-9-15-11-25-19(3,4)26-15/h5-8,10,12,15H,9,11,20H2,1-4H3,(H,21,24). The van der Waals surface area contributed by atoms with Gasteiger partial charge in [-0.25, -0.2) is 4.68 Å². The molecule has 1 aliphatic rings. The quantitative estimate of drug-likeness (QED) is 0.857. The number of nitrogens with one attached hydrogen (secondary N) is 1. The van der Waals surface area contributed by atoms with Crippen LogP contribution in [-0.4, -0.2) is 40.7 Å². The van der Waals surface area contributed by atoms with Crippen molar-refractivity contribution in [3.63, 3.8) is 0 Å². The van der Waals surface area contributed by atoms with Crippen LogP contribution < -0.4 is 11.1 Å². The molecule has 1 aromatic heterocycles. The van der Waals surface area contributed by atoms with Crippen molar-refractivity contribution in [1.29, 1.82) is 0 Å². The van der Waals surface area contributed by atoms with Gasteiger partial charge in [0.1, 0.15) is 17.5 Å². The molecule has 3 rings (SSSR count). The minimum atomic E-state index is -0.610. The monoisotopic (exact) mass is 358 g/mol. The maximum atomic E-state index is 12.4. The van der Waals surface area contributed by atoms with Crippen LogP contribution in [0.5, 0.6) is 0 Å². The van der Waals surface area contributed by atoms with Crippen LogP contribution in [0.15, 0.2) is 30.5 Å². The number of carbonyl (C=O) groups is 1. The van der Waals surface area contributed by atoms with Gasteiger partial charge in [-0.2, -0.15) is 5.10 Å². The van der Waals surface area contributed by atoms with E-state index in [0.717, 1.165) is 5.69 Å². The lowest BCUT2D eigenvalue weighted by Gasteiger charge is -2.17. The molecule has 0 spiro atoms. The van der Waals surface area contributed by atoms with Gasteiger partial charge in [0, 0.05) is 6.54 Å². The molecule has 2 aromatic rings. The van der Waals surface area contributed by atoms with Crippen molar-refractivity contribution in [2.75, 3.05) is 18.9 Å². The van der Waals surface area contributed by atoms with Crippen molar-refractivity contribution in [1.82, 2.24) is 15.1 Å². The van der Waals surface area contributed by atoms with Gasteiger partial charge in [0.25, 0.3) is 5.91 Å². The number of ether oxygens (including phenoxy) is 2. The first-order chi connectivity index (χ1) is 12.3. The van der Waals surface area contributed by atoms with Crippen LogP contribution in [-0.2, 0) is 9.47 Å². The highest BCUT2D eigenvalue weighted by Crippen LogP contribution is 2.23. The number of aromatic nitrogens is 2. The molecule has 7 heteroatoms. The van der Waals surface area contributed by atoms with Gasteiger partial charge in [-0.05, 0) is 37.5 Å². The predicted molar refractivity (Wildman–Crippen MR) is 99.3 cm³/mol. The molecule has 0 bridgehead atoms. The molecule has 7 nitrogen and oxygen atoms in total. The number of carbonyl (C=O) groups excluding carboxylic acids is 1. The number of nitrogens with two attached hydrogens (primary N) is 1. The van der Waals surface area contributed by atoms with Gasteiger partial charge in [0.15, 0.2) is 5.79 Å². The van der Waals surface area contributed by atoms with Gasteiger partial charge >= 0.3 is 0 Å². The Bertz CT molecular complexity index is 781. The number of amides is 1. The van der Waals surface area contributed by atoms with E-state index in [1.165, 1.54) is 11.8 Å². The van der Waals surface area contributed by atoms with E-state index < -0.39 is 5.79 Å². The highest BCUT2D eigenvalue weighted by molar-refractivity contribution is 5.98. The van der Waals surface area contributed by atoms with Gasteiger partial charge in [-0.3, -0.25) is 4.79 Å². The van der Waals surface area contributed by atoms with E-state index in [4.69, 9.17) is 15.2 Å². The summed E-state index contributed by atoms with van der Waals surface area (Å²) in [4.78, 5) is 12.4. The summed E-state index contributed by atoms with van der Waals surface area (Å²) in [6, 6.07) is 7.98. The molecular weight excluding hydrogens is 332 g/mol. The van der Waals surface area contributed by atoms with E-state index in [0.29, 0.717) is 30.5 Å². The first-order valence-electron chi connectivity index (χ1n) is 8.80. The van der Waals surface area contributed by atoms with Gasteiger partial charge in [-0.15, -0.1) is 0 Å². The third-order valence-corrected chi connectivity index (χ3v) is 4.41. The first-order valence-corrected chi connectivity index (χ1v) is 8.80. The van der Waals surface area contributed by atoms with Crippen molar-refractivity contribution in [3.8, 4) is 5.69 Å². The number of rotatable bonds is 5. The lowest BCUT2D eigenvalue weighted by molar-refractivity contribution is -0.137. The second kappa shape index (κ2) is 7.09. The fourth-order valence-electron chi connectivity index (χ4n) is 2.90. The minimum Gasteiger partial charge on any atom is -0.383 e. The van der Waals surface area contributed by atoms with Crippen LogP contribution in [0.2, 0.25) is 0 Å². The van der Waals surface area contributed by atoms with Gasteiger partial charge in [0.05, 0.1) is 18.5 Å². The third-order valence-electron chi connectivity index (χ3n) is 4.41. The normalized spacial score (nSPS) is 19.0. The van der Waals surface area contributed by atoms with Gasteiger partial charge < -0.3 is 20.5 Å². The zero-order valence-electron chi connectivity index (χ0n) is 15.7. The fraction of sp³-hybridized carbons (Fsp3) is 0.474. The molecule has 0 saturated carbocycles. The zero-order valence-corrected chi connectivity index (χ0v) is 15.7. The summed E-state index contributed by atoms with van der Waals surface area (Å²) in [6.45, 7) is 8.78. The topological polar surface area (TPSA) is 91.4 Å². The Morgan fingerprint density at radius 1 is 1.38 bits per heavy atom. The fourth-order valence-corrected chi connectivity index (χ4v) is 2.90. The van der Waals surface area contributed by atoms with Crippen molar-refractivity contribution >= 4 is 11.7 Å². The highest BCUT2D eigenvalue weighted by atomic mass is 16.7. The number of nitrogens with zero attached hydrogens (tertiary/aromatic N) is 2. The molecule has 2 heterocycles. The molecule has 0 aliphatic carbocycles. The smallest absolute Gasteiger partial charge is 0.256 e. The lowest BCUT2D eigenvalue weighted by Crippen LogP contribution is -2.34. The second-order valence-corrected chi connectivity index (χ2v) is 7.26. The molecule has 1 fully saturated rings. The van der Waals surface area contributed by atoms with E-state index in [9.17, 15) is 4.79 Å². The molecule has 1 amide bonds. The van der Waals surface area contributed by atoms with Gasteiger partial charge in [-0.1, -0.05) is 26.0 Å². The SMILES string of the molecule is CC(C)c1ccc(-n2ncc(C(=O)NCC3COC(C)(C)O3)c2N)cc1. The Balaban J connectivity index is 1.67. The molecule has 1 saturated heterocycles. The largest absolute Gasteiger partial charge is 0.383 e. The summed E-state index contributed by atoms with van der Waals surface area (Å²) < 4.78 is 12.7. The van der Waals surface area contributed by atoms with Crippen LogP contribution in [0.3, 0.4) is 0 Å². The summed E-state index contributed by atoms with van der Waals surface area (Å²) in [5.41, 5.74) is 8.54. The summed E-state index contributed by atoms with van der Waals surface area (Å²) in [7, 11) is 0. The third kappa shape index (κ3) is 3.89. The van der Waals surface area contributed by atoms with E-state index >= 15 is 0 Å². The number of nitrogen functional groups attached to an aromatic ring is 1. The number of hydrogen-bond donors (Lipinski definition) is 2. The van der Waals surface area contributed by atoms with E-state index in [1.807, 2.05) is 38.1 Å². The lowest BCUT2D eigenvalue weighted by atomic mass is 10.0. The van der Waals surface area contributed by atoms with E-state index in [-0.39, 0.29) is 12.0 Å². The van der Waals surface area contributed by atoms with Crippen molar-refractivity contribution in [2.45, 2.75) is 45.5 Å². The summed E-state index contributed by atoms with van der Waals surface area (Å²) in [6.07, 6.45) is 1.31. The predicted octanol–water partition coefficient (Wildman–Crippen LogP) is 2.46. The molecule has 1 aliphatic heterocycles. The van der Waals surface area contributed by atoms with Crippen molar-refractivity contribution in [3.05, 3.63) is 41.6 Å². The Kier molecular flexibility index (Phi) is 5.02. The Morgan fingerprint density at radius 2 is 2.08 bits per heavy atom. The van der Waals surface area contributed by atoms with Gasteiger partial charge in [0.2, 0.25) is 0 Å². The summed E-state index contributed by atoms with van der Waals surface area (Å²) in [5, 5.41) is 7.09.